The molecule has 3 aromatic rings. The summed E-state index contributed by atoms with van der Waals surface area (Å²) in [5, 5.41) is 2.85. The molecule has 0 aromatic heterocycles. The van der Waals surface area contributed by atoms with E-state index < -0.39 is 28.5 Å². The maximum atomic E-state index is 14.0. The van der Waals surface area contributed by atoms with Crippen LogP contribution in [0.1, 0.15) is 23.6 Å². The molecule has 3 rings (SSSR count). The Morgan fingerprint density at radius 3 is 2.26 bits per heavy atom. The first kappa shape index (κ1) is 28.7. The van der Waals surface area contributed by atoms with Gasteiger partial charge in [-0.1, -0.05) is 66.2 Å². The Hall–Kier alpha value is -3.85. The van der Waals surface area contributed by atoms with Gasteiger partial charge in [0.2, 0.25) is 21.8 Å². The predicted octanol–water partition coefficient (Wildman–Crippen LogP) is 3.55. The van der Waals surface area contributed by atoms with Crippen LogP contribution in [0.15, 0.2) is 78.9 Å². The van der Waals surface area contributed by atoms with E-state index in [1.807, 2.05) is 68.4 Å². The van der Waals surface area contributed by atoms with E-state index in [2.05, 4.69) is 5.32 Å². The lowest BCUT2D eigenvalue weighted by molar-refractivity contribution is -0.140. The summed E-state index contributed by atoms with van der Waals surface area (Å²) < 4.78 is 31.9. The Balaban J connectivity index is 2.04. The number of ether oxygens (including phenoxy) is 1. The van der Waals surface area contributed by atoms with Gasteiger partial charge >= 0.3 is 0 Å². The monoisotopic (exact) mass is 537 g/mol. The van der Waals surface area contributed by atoms with Crippen LogP contribution in [0, 0.1) is 6.92 Å². The molecule has 0 aliphatic heterocycles. The molecule has 1 atom stereocenters. The quantitative estimate of drug-likeness (QED) is 0.381. The van der Waals surface area contributed by atoms with E-state index in [1.165, 1.54) is 12.0 Å². The number of rotatable bonds is 12. The molecule has 0 radical (unpaired) electrons. The first-order valence-corrected chi connectivity index (χ1v) is 14.3. The topological polar surface area (TPSA) is 96.0 Å². The Kier molecular flexibility index (Phi) is 9.90. The smallest absolute Gasteiger partial charge is 0.244 e. The maximum absolute atomic E-state index is 14.0. The molecule has 0 bridgehead atoms. The number of likely N-dealkylation sites (N-methyl/N-ethyl adjacent to an activating group) is 1. The highest BCUT2D eigenvalue weighted by Crippen LogP contribution is 2.24. The Morgan fingerprint density at radius 1 is 0.947 bits per heavy atom. The lowest BCUT2D eigenvalue weighted by Gasteiger charge is -2.33. The zero-order valence-electron chi connectivity index (χ0n) is 22.3. The molecule has 0 saturated carbocycles. The van der Waals surface area contributed by atoms with Crippen LogP contribution in [0.5, 0.6) is 5.75 Å². The molecule has 0 saturated heterocycles. The second-order valence-corrected chi connectivity index (χ2v) is 11.0. The van der Waals surface area contributed by atoms with Crippen molar-refractivity contribution < 1.29 is 22.7 Å². The number of amides is 2. The number of hydrogen-bond acceptors (Lipinski definition) is 5. The second-order valence-electron chi connectivity index (χ2n) is 9.08. The Morgan fingerprint density at radius 2 is 1.63 bits per heavy atom. The third-order valence-corrected chi connectivity index (χ3v) is 7.22. The molecular weight excluding hydrogens is 502 g/mol. The van der Waals surface area contributed by atoms with Crippen molar-refractivity contribution in [3.8, 4) is 5.75 Å². The highest BCUT2D eigenvalue weighted by atomic mass is 32.2. The molecule has 3 aromatic carbocycles. The molecule has 0 fully saturated rings. The SMILES string of the molecule is CCNC(=O)C(Cc1ccccc1)N(Cc1cccc(C)c1)C(=O)CN(c1cccc(OC)c1)S(C)(=O)=O. The lowest BCUT2D eigenvalue weighted by atomic mass is 10.0. The van der Waals surface area contributed by atoms with Gasteiger partial charge < -0.3 is 15.0 Å². The van der Waals surface area contributed by atoms with Gasteiger partial charge in [0, 0.05) is 25.6 Å². The van der Waals surface area contributed by atoms with E-state index in [1.54, 1.807) is 24.3 Å². The van der Waals surface area contributed by atoms with E-state index >= 15 is 0 Å². The number of anilines is 1. The number of benzene rings is 3. The van der Waals surface area contributed by atoms with Gasteiger partial charge in [-0.25, -0.2) is 8.42 Å². The maximum Gasteiger partial charge on any atom is 0.244 e. The Labute approximate surface area is 225 Å². The molecule has 8 nitrogen and oxygen atoms in total. The van der Waals surface area contributed by atoms with Crippen LogP contribution < -0.4 is 14.4 Å². The van der Waals surface area contributed by atoms with E-state index in [9.17, 15) is 18.0 Å². The van der Waals surface area contributed by atoms with Gasteiger partial charge in [0.25, 0.3) is 0 Å². The minimum absolute atomic E-state index is 0.144. The van der Waals surface area contributed by atoms with Crippen molar-refractivity contribution in [3.05, 3.63) is 95.6 Å². The van der Waals surface area contributed by atoms with E-state index in [0.717, 1.165) is 27.3 Å². The third kappa shape index (κ3) is 7.82. The van der Waals surface area contributed by atoms with Crippen LogP contribution >= 0.6 is 0 Å². The summed E-state index contributed by atoms with van der Waals surface area (Å²) in [4.78, 5) is 28.8. The van der Waals surface area contributed by atoms with Gasteiger partial charge in [-0.15, -0.1) is 0 Å². The van der Waals surface area contributed by atoms with Crippen molar-refractivity contribution >= 4 is 27.5 Å². The van der Waals surface area contributed by atoms with E-state index in [0.29, 0.717) is 18.0 Å². The number of hydrogen-bond donors (Lipinski definition) is 1. The molecule has 202 valence electrons. The van der Waals surface area contributed by atoms with Gasteiger partial charge in [-0.3, -0.25) is 13.9 Å². The summed E-state index contributed by atoms with van der Waals surface area (Å²) >= 11 is 0. The van der Waals surface area contributed by atoms with Crippen LogP contribution in [-0.2, 0) is 32.6 Å². The van der Waals surface area contributed by atoms with Crippen molar-refractivity contribution in [1.82, 2.24) is 10.2 Å². The number of carbonyl (C=O) groups is 2. The van der Waals surface area contributed by atoms with Crippen LogP contribution in [0.2, 0.25) is 0 Å². The molecule has 0 aliphatic carbocycles. The zero-order valence-corrected chi connectivity index (χ0v) is 23.1. The van der Waals surface area contributed by atoms with E-state index in [4.69, 9.17) is 4.74 Å². The van der Waals surface area contributed by atoms with Crippen LogP contribution in [0.4, 0.5) is 5.69 Å². The van der Waals surface area contributed by atoms with Crippen molar-refractivity contribution in [2.45, 2.75) is 32.9 Å². The third-order valence-electron chi connectivity index (χ3n) is 6.08. The van der Waals surface area contributed by atoms with Crippen molar-refractivity contribution in [3.63, 3.8) is 0 Å². The van der Waals surface area contributed by atoms with Crippen LogP contribution in [0.25, 0.3) is 0 Å². The minimum atomic E-state index is -3.84. The minimum Gasteiger partial charge on any atom is -0.497 e. The predicted molar refractivity (Wildman–Crippen MR) is 150 cm³/mol. The summed E-state index contributed by atoms with van der Waals surface area (Å²) in [5.41, 5.74) is 3.04. The van der Waals surface area contributed by atoms with E-state index in [-0.39, 0.29) is 18.9 Å². The summed E-state index contributed by atoms with van der Waals surface area (Å²) in [6.45, 7) is 3.84. The molecule has 9 heteroatoms. The molecule has 0 heterocycles. The van der Waals surface area contributed by atoms with Gasteiger partial charge in [-0.2, -0.15) is 0 Å². The largest absolute Gasteiger partial charge is 0.497 e. The molecule has 38 heavy (non-hydrogen) atoms. The molecule has 2 amide bonds. The number of nitrogens with zero attached hydrogens (tertiary/aromatic N) is 2. The molecule has 1 N–H and O–H groups in total. The average Bonchev–Trinajstić information content (AvgIpc) is 2.89. The Bertz CT molecular complexity index is 1350. The molecule has 0 spiro atoms. The van der Waals surface area contributed by atoms with Crippen molar-refractivity contribution in [1.29, 1.82) is 0 Å². The van der Waals surface area contributed by atoms with Gasteiger partial charge in [0.15, 0.2) is 0 Å². The fourth-order valence-corrected chi connectivity index (χ4v) is 5.07. The first-order valence-electron chi connectivity index (χ1n) is 12.4. The summed E-state index contributed by atoms with van der Waals surface area (Å²) in [5.74, 6) is -0.332. The average molecular weight is 538 g/mol. The van der Waals surface area contributed by atoms with Crippen LogP contribution in [-0.4, -0.2) is 57.6 Å². The molecular formula is C29H35N3O5S. The standard InChI is InChI=1S/C29H35N3O5S/c1-5-30-29(34)27(18-23-12-7-6-8-13-23)31(20-24-14-9-11-22(2)17-24)28(33)21-32(38(4,35)36)25-15-10-16-26(19-25)37-3/h6-17,19,27H,5,18,20-21H2,1-4H3,(H,30,34). The number of methoxy groups -OCH3 is 1. The van der Waals surface area contributed by atoms with Gasteiger partial charge in [-0.05, 0) is 37.1 Å². The molecule has 1 unspecified atom stereocenters. The fraction of sp³-hybridized carbons (Fsp3) is 0.310. The summed E-state index contributed by atoms with van der Waals surface area (Å²) in [7, 11) is -2.35. The van der Waals surface area contributed by atoms with Gasteiger partial charge in [0.05, 0.1) is 19.1 Å². The van der Waals surface area contributed by atoms with Crippen LogP contribution in [0.3, 0.4) is 0 Å². The zero-order chi connectivity index (χ0) is 27.7. The summed E-state index contributed by atoms with van der Waals surface area (Å²) in [6, 6.07) is 22.8. The van der Waals surface area contributed by atoms with Crippen molar-refractivity contribution in [2.75, 3.05) is 30.8 Å². The molecule has 0 aliphatic rings. The number of nitrogens with one attached hydrogen (secondary N) is 1. The first-order chi connectivity index (χ1) is 18.1. The normalized spacial score (nSPS) is 11.9. The second kappa shape index (κ2) is 13.1. The number of aryl methyl sites for hydroxylation is 1. The van der Waals surface area contributed by atoms with Crippen molar-refractivity contribution in [2.24, 2.45) is 0 Å². The highest BCUT2D eigenvalue weighted by molar-refractivity contribution is 7.92. The van der Waals surface area contributed by atoms with Gasteiger partial charge in [0.1, 0.15) is 18.3 Å². The summed E-state index contributed by atoms with van der Waals surface area (Å²) in [6.07, 6.45) is 1.33. The fourth-order valence-electron chi connectivity index (χ4n) is 4.23. The number of sulfonamides is 1. The lowest BCUT2D eigenvalue weighted by Crippen LogP contribution is -2.53. The highest BCUT2D eigenvalue weighted by Gasteiger charge is 2.33. The number of carbonyl (C=O) groups excluding carboxylic acids is 2.